The van der Waals surface area contributed by atoms with Crippen LogP contribution in [-0.4, -0.2) is 41.2 Å². The summed E-state index contributed by atoms with van der Waals surface area (Å²) in [5, 5.41) is 1.03. The summed E-state index contributed by atoms with van der Waals surface area (Å²) in [6.45, 7) is -0.784. The summed E-state index contributed by atoms with van der Waals surface area (Å²) in [6, 6.07) is 8.83. The molecule has 9 heteroatoms. The van der Waals surface area contributed by atoms with Crippen molar-refractivity contribution in [2.75, 3.05) is 13.1 Å². The molecule has 23 heavy (non-hydrogen) atoms. The second kappa shape index (κ2) is 6.86. The number of nitrogens with zero attached hydrogens (tertiary/aromatic N) is 1. The minimum Gasteiger partial charge on any atom is -0.346 e. The quantitative estimate of drug-likeness (QED) is 0.852. The van der Waals surface area contributed by atoms with E-state index >= 15 is 0 Å². The standard InChI is InChI=1S/C14H11F3N2O3S/c15-14(16,17)12(21)18-6-7-19-11(20)10(23-13(19)22)8-9-4-2-1-3-5-9/h1-5,8H,6-7H2,(H,18,21)/b10-8-. The Morgan fingerprint density at radius 3 is 2.48 bits per heavy atom. The number of nitrogens with one attached hydrogen (secondary N) is 1. The third-order valence-corrected chi connectivity index (χ3v) is 3.76. The highest BCUT2D eigenvalue weighted by molar-refractivity contribution is 8.18. The lowest BCUT2D eigenvalue weighted by Gasteiger charge is -2.13. The van der Waals surface area contributed by atoms with Gasteiger partial charge in [0.05, 0.1) is 4.91 Å². The molecular weight excluding hydrogens is 333 g/mol. The maximum atomic E-state index is 12.1. The van der Waals surface area contributed by atoms with Gasteiger partial charge < -0.3 is 5.32 Å². The molecule has 122 valence electrons. The van der Waals surface area contributed by atoms with Crippen LogP contribution in [0, 0.1) is 0 Å². The van der Waals surface area contributed by atoms with Crippen LogP contribution in [0.25, 0.3) is 6.08 Å². The first-order valence-corrected chi connectivity index (χ1v) is 7.26. The molecule has 5 nitrogen and oxygen atoms in total. The van der Waals surface area contributed by atoms with Crippen LogP contribution in [0.1, 0.15) is 5.56 Å². The number of benzene rings is 1. The number of thioether (sulfide) groups is 1. The molecule has 0 radical (unpaired) electrons. The van der Waals surface area contributed by atoms with E-state index < -0.39 is 29.8 Å². The van der Waals surface area contributed by atoms with Crippen molar-refractivity contribution in [1.82, 2.24) is 10.2 Å². The van der Waals surface area contributed by atoms with Gasteiger partial charge in [-0.15, -0.1) is 0 Å². The summed E-state index contributed by atoms with van der Waals surface area (Å²) < 4.78 is 36.1. The topological polar surface area (TPSA) is 66.5 Å². The van der Waals surface area contributed by atoms with Crippen molar-refractivity contribution in [3.63, 3.8) is 0 Å². The molecule has 3 amide bonds. The zero-order chi connectivity index (χ0) is 17.0. The van der Waals surface area contributed by atoms with E-state index in [1.54, 1.807) is 35.6 Å². The SMILES string of the molecule is O=C1S/C(=C\c2ccccc2)C(=O)N1CCNC(=O)C(F)(F)F. The average molecular weight is 344 g/mol. The smallest absolute Gasteiger partial charge is 0.346 e. The van der Waals surface area contributed by atoms with Crippen LogP contribution in [0.2, 0.25) is 0 Å². The van der Waals surface area contributed by atoms with E-state index in [9.17, 15) is 27.6 Å². The molecule has 0 spiro atoms. The third kappa shape index (κ3) is 4.35. The minimum absolute atomic E-state index is 0.184. The van der Waals surface area contributed by atoms with Crippen LogP contribution in [0.4, 0.5) is 18.0 Å². The van der Waals surface area contributed by atoms with Gasteiger partial charge in [0.1, 0.15) is 0 Å². The van der Waals surface area contributed by atoms with Gasteiger partial charge in [0.2, 0.25) is 0 Å². The molecule has 0 atom stereocenters. The zero-order valence-electron chi connectivity index (χ0n) is 11.6. The Kier molecular flexibility index (Phi) is 5.09. The Bertz CT molecular complexity index is 659. The van der Waals surface area contributed by atoms with Crippen molar-refractivity contribution in [3.05, 3.63) is 40.8 Å². The van der Waals surface area contributed by atoms with Crippen molar-refractivity contribution >= 4 is 34.9 Å². The number of alkyl halides is 3. The number of amides is 3. The molecule has 1 N–H and O–H groups in total. The fourth-order valence-electron chi connectivity index (χ4n) is 1.77. The van der Waals surface area contributed by atoms with E-state index in [1.165, 1.54) is 6.08 Å². The second-order valence-corrected chi connectivity index (χ2v) is 5.49. The zero-order valence-corrected chi connectivity index (χ0v) is 12.4. The van der Waals surface area contributed by atoms with Crippen molar-refractivity contribution in [2.24, 2.45) is 0 Å². The first-order valence-electron chi connectivity index (χ1n) is 6.44. The number of imide groups is 1. The van der Waals surface area contributed by atoms with E-state index in [2.05, 4.69) is 0 Å². The first kappa shape index (κ1) is 17.1. The van der Waals surface area contributed by atoms with E-state index in [0.29, 0.717) is 11.8 Å². The van der Waals surface area contributed by atoms with Crippen LogP contribution in [-0.2, 0) is 9.59 Å². The number of halogens is 3. The van der Waals surface area contributed by atoms with E-state index in [4.69, 9.17) is 0 Å². The molecule has 0 aromatic heterocycles. The second-order valence-electron chi connectivity index (χ2n) is 4.50. The Hall–Kier alpha value is -2.29. The maximum absolute atomic E-state index is 12.1. The van der Waals surface area contributed by atoms with Crippen LogP contribution < -0.4 is 5.32 Å². The molecule has 1 aromatic carbocycles. The number of hydrogen-bond donors (Lipinski definition) is 1. The predicted molar refractivity (Wildman–Crippen MR) is 78.2 cm³/mol. The number of carbonyl (C=O) groups excluding carboxylic acids is 3. The fraction of sp³-hybridized carbons (Fsp3) is 0.214. The van der Waals surface area contributed by atoms with Gasteiger partial charge in [0.15, 0.2) is 0 Å². The molecule has 1 aliphatic heterocycles. The highest BCUT2D eigenvalue weighted by Crippen LogP contribution is 2.31. The van der Waals surface area contributed by atoms with E-state index in [-0.39, 0.29) is 11.4 Å². The Balaban J connectivity index is 1.97. The molecule has 0 unspecified atom stereocenters. The van der Waals surface area contributed by atoms with Gasteiger partial charge in [0.25, 0.3) is 11.1 Å². The van der Waals surface area contributed by atoms with Gasteiger partial charge in [-0.1, -0.05) is 30.3 Å². The van der Waals surface area contributed by atoms with Crippen molar-refractivity contribution in [1.29, 1.82) is 0 Å². The van der Waals surface area contributed by atoms with Crippen molar-refractivity contribution in [2.45, 2.75) is 6.18 Å². The normalized spacial score (nSPS) is 17.0. The van der Waals surface area contributed by atoms with Gasteiger partial charge in [0, 0.05) is 13.1 Å². The summed E-state index contributed by atoms with van der Waals surface area (Å²) in [5.74, 6) is -2.70. The van der Waals surface area contributed by atoms with Gasteiger partial charge in [-0.3, -0.25) is 19.3 Å². The lowest BCUT2D eigenvalue weighted by atomic mass is 10.2. The Morgan fingerprint density at radius 1 is 1.22 bits per heavy atom. The molecule has 1 saturated heterocycles. The highest BCUT2D eigenvalue weighted by atomic mass is 32.2. The monoisotopic (exact) mass is 344 g/mol. The summed E-state index contributed by atoms with van der Waals surface area (Å²) in [6.07, 6.45) is -3.47. The summed E-state index contributed by atoms with van der Waals surface area (Å²) in [7, 11) is 0. The van der Waals surface area contributed by atoms with Crippen LogP contribution >= 0.6 is 11.8 Å². The number of rotatable bonds is 4. The van der Waals surface area contributed by atoms with Gasteiger partial charge >= 0.3 is 12.1 Å². The third-order valence-electron chi connectivity index (χ3n) is 2.85. The van der Waals surface area contributed by atoms with Crippen molar-refractivity contribution < 1.29 is 27.6 Å². The maximum Gasteiger partial charge on any atom is 0.471 e. The summed E-state index contributed by atoms with van der Waals surface area (Å²) in [5.41, 5.74) is 0.725. The summed E-state index contributed by atoms with van der Waals surface area (Å²) in [4.78, 5) is 35.5. The average Bonchev–Trinajstić information content (AvgIpc) is 2.74. The Labute approximate surface area is 133 Å². The van der Waals surface area contributed by atoms with Crippen LogP contribution in [0.3, 0.4) is 0 Å². The van der Waals surface area contributed by atoms with Gasteiger partial charge in [-0.05, 0) is 23.4 Å². The number of hydrogen-bond acceptors (Lipinski definition) is 4. The number of carbonyl (C=O) groups is 3. The minimum atomic E-state index is -4.99. The highest BCUT2D eigenvalue weighted by Gasteiger charge is 2.39. The van der Waals surface area contributed by atoms with Crippen LogP contribution in [0.15, 0.2) is 35.2 Å². The molecule has 0 saturated carbocycles. The molecule has 1 fully saturated rings. The largest absolute Gasteiger partial charge is 0.471 e. The molecule has 0 aliphatic carbocycles. The lowest BCUT2D eigenvalue weighted by Crippen LogP contribution is -2.42. The van der Waals surface area contributed by atoms with Gasteiger partial charge in [-0.25, -0.2) is 0 Å². The van der Waals surface area contributed by atoms with E-state index in [1.807, 2.05) is 0 Å². The predicted octanol–water partition coefficient (Wildman–Crippen LogP) is 2.40. The molecule has 0 bridgehead atoms. The lowest BCUT2D eigenvalue weighted by molar-refractivity contribution is -0.173. The van der Waals surface area contributed by atoms with Gasteiger partial charge in [-0.2, -0.15) is 13.2 Å². The molecule has 1 aromatic rings. The molecule has 2 rings (SSSR count). The van der Waals surface area contributed by atoms with Crippen LogP contribution in [0.5, 0.6) is 0 Å². The first-order chi connectivity index (χ1) is 10.8. The molecule has 1 heterocycles. The van der Waals surface area contributed by atoms with E-state index in [0.717, 1.165) is 10.5 Å². The van der Waals surface area contributed by atoms with Crippen molar-refractivity contribution in [3.8, 4) is 0 Å². The fourth-order valence-corrected chi connectivity index (χ4v) is 2.64. The Morgan fingerprint density at radius 2 is 1.87 bits per heavy atom. The summed E-state index contributed by atoms with van der Waals surface area (Å²) >= 11 is 0.705. The molecular formula is C14H11F3N2O3S. The molecule has 1 aliphatic rings.